The molecule has 0 unspecified atom stereocenters. The molecule has 6 aromatic carbocycles. The van der Waals surface area contributed by atoms with E-state index < -0.39 is 0 Å². The average Bonchev–Trinajstić information content (AvgIpc) is 3.18. The summed E-state index contributed by atoms with van der Waals surface area (Å²) in [5.74, 6) is 0.685. The Kier molecular flexibility index (Phi) is 6.76. The lowest BCUT2D eigenvalue weighted by Gasteiger charge is -2.13. The lowest BCUT2D eigenvalue weighted by molar-refractivity contribution is 1.18. The Hall–Kier alpha value is -6.52. The minimum Gasteiger partial charge on any atom is -0.256 e. The summed E-state index contributed by atoms with van der Waals surface area (Å²) in [6, 6.07) is 54.7. The zero-order valence-electron chi connectivity index (χ0n) is 26.0. The quantitative estimate of drug-likeness (QED) is 0.181. The van der Waals surface area contributed by atoms with E-state index in [0.717, 1.165) is 71.8 Å². The van der Waals surface area contributed by atoms with E-state index in [1.165, 1.54) is 11.1 Å². The van der Waals surface area contributed by atoms with Crippen LogP contribution in [-0.2, 0) is 0 Å². The van der Waals surface area contributed by atoms with Crippen molar-refractivity contribution in [2.75, 3.05) is 0 Å². The monoisotopic (exact) mass is 612 g/mol. The van der Waals surface area contributed by atoms with Gasteiger partial charge in [-0.05, 0) is 51.9 Å². The first-order chi connectivity index (χ1) is 23.8. The van der Waals surface area contributed by atoms with Crippen LogP contribution in [0.1, 0.15) is 0 Å². The van der Waals surface area contributed by atoms with Crippen LogP contribution in [-0.4, -0.2) is 19.9 Å². The Morgan fingerprint density at radius 1 is 0.375 bits per heavy atom. The Morgan fingerprint density at radius 2 is 0.979 bits per heavy atom. The van der Waals surface area contributed by atoms with Crippen molar-refractivity contribution >= 4 is 32.6 Å². The summed E-state index contributed by atoms with van der Waals surface area (Å²) in [5.41, 5.74) is 11.2. The molecule has 0 aliphatic heterocycles. The van der Waals surface area contributed by atoms with Gasteiger partial charge in [-0.1, -0.05) is 133 Å². The van der Waals surface area contributed by atoms with Crippen molar-refractivity contribution in [2.24, 2.45) is 0 Å². The topological polar surface area (TPSA) is 51.6 Å². The van der Waals surface area contributed by atoms with Gasteiger partial charge in [0.2, 0.25) is 0 Å². The van der Waals surface area contributed by atoms with Crippen LogP contribution in [0, 0.1) is 0 Å². The second-order valence-electron chi connectivity index (χ2n) is 11.9. The van der Waals surface area contributed by atoms with Crippen LogP contribution in [0.15, 0.2) is 170 Å². The summed E-state index contributed by atoms with van der Waals surface area (Å²) in [4.78, 5) is 20.0. The van der Waals surface area contributed by atoms with Gasteiger partial charge in [0.05, 0.1) is 22.4 Å². The number of fused-ring (bicyclic) bond motifs is 5. The molecule has 0 N–H and O–H groups in total. The first kappa shape index (κ1) is 27.8. The Labute approximate surface area is 278 Å². The molecule has 0 aliphatic rings. The zero-order chi connectivity index (χ0) is 31.9. The van der Waals surface area contributed by atoms with Crippen molar-refractivity contribution in [3.63, 3.8) is 0 Å². The zero-order valence-corrected chi connectivity index (χ0v) is 26.0. The van der Waals surface area contributed by atoms with Crippen molar-refractivity contribution in [1.82, 2.24) is 19.9 Å². The second kappa shape index (κ2) is 11.7. The molecule has 0 atom stereocenters. The van der Waals surface area contributed by atoms with Crippen LogP contribution in [0.5, 0.6) is 0 Å². The molecular formula is C44H28N4. The molecule has 0 fully saturated rings. The lowest BCUT2D eigenvalue weighted by Crippen LogP contribution is -1.96. The molecule has 0 saturated heterocycles. The highest BCUT2D eigenvalue weighted by molar-refractivity contribution is 6.21. The highest BCUT2D eigenvalue weighted by atomic mass is 14.9. The van der Waals surface area contributed by atoms with Gasteiger partial charge in [-0.25, -0.2) is 9.97 Å². The summed E-state index contributed by atoms with van der Waals surface area (Å²) in [7, 11) is 0. The van der Waals surface area contributed by atoms with Crippen LogP contribution in [0.3, 0.4) is 0 Å². The third-order valence-corrected chi connectivity index (χ3v) is 8.95. The molecule has 3 aromatic heterocycles. The molecule has 224 valence electrons. The third kappa shape index (κ3) is 4.97. The van der Waals surface area contributed by atoms with Gasteiger partial charge in [-0.3, -0.25) is 9.97 Å². The summed E-state index contributed by atoms with van der Waals surface area (Å²) >= 11 is 0. The van der Waals surface area contributed by atoms with E-state index in [-0.39, 0.29) is 0 Å². The summed E-state index contributed by atoms with van der Waals surface area (Å²) in [6.07, 6.45) is 3.80. The highest BCUT2D eigenvalue weighted by Crippen LogP contribution is 2.38. The van der Waals surface area contributed by atoms with Gasteiger partial charge in [0.25, 0.3) is 0 Å². The molecule has 4 heteroatoms. The lowest BCUT2D eigenvalue weighted by atomic mass is 9.93. The molecule has 0 aliphatic carbocycles. The van der Waals surface area contributed by atoms with Crippen LogP contribution < -0.4 is 0 Å². The van der Waals surface area contributed by atoms with Gasteiger partial charge in [-0.15, -0.1) is 0 Å². The minimum absolute atomic E-state index is 0.685. The number of hydrogen-bond acceptors (Lipinski definition) is 4. The number of aromatic nitrogens is 4. The number of pyridine rings is 2. The predicted molar refractivity (Wildman–Crippen MR) is 197 cm³/mol. The number of rotatable bonds is 5. The van der Waals surface area contributed by atoms with E-state index >= 15 is 0 Å². The van der Waals surface area contributed by atoms with Crippen molar-refractivity contribution < 1.29 is 0 Å². The van der Waals surface area contributed by atoms with Crippen LogP contribution in [0.2, 0.25) is 0 Å². The molecule has 0 radical (unpaired) electrons. The van der Waals surface area contributed by atoms with E-state index in [1.807, 2.05) is 73.1 Å². The summed E-state index contributed by atoms with van der Waals surface area (Å²) < 4.78 is 0. The maximum absolute atomic E-state index is 5.09. The van der Waals surface area contributed by atoms with Crippen molar-refractivity contribution in [2.45, 2.75) is 0 Å². The first-order valence-electron chi connectivity index (χ1n) is 16.0. The second-order valence-corrected chi connectivity index (χ2v) is 11.9. The average molecular weight is 613 g/mol. The SMILES string of the molecule is c1ccc(-c2ccc(-c3cc4ccc5cc(-c6cc(-c7ccccc7)nc(-c7ccccc7)n6)cnc5c4c4ncccc34)cc2)cc1. The van der Waals surface area contributed by atoms with Gasteiger partial charge in [0, 0.05) is 45.2 Å². The van der Waals surface area contributed by atoms with E-state index in [4.69, 9.17) is 19.9 Å². The molecule has 9 rings (SSSR count). The fourth-order valence-corrected chi connectivity index (χ4v) is 6.56. The van der Waals surface area contributed by atoms with E-state index in [1.54, 1.807) is 0 Å². The van der Waals surface area contributed by atoms with Gasteiger partial charge in [-0.2, -0.15) is 0 Å². The largest absolute Gasteiger partial charge is 0.256 e. The summed E-state index contributed by atoms with van der Waals surface area (Å²) in [5, 5.41) is 4.30. The van der Waals surface area contributed by atoms with Crippen molar-refractivity contribution in [3.05, 3.63) is 170 Å². The third-order valence-electron chi connectivity index (χ3n) is 8.95. The van der Waals surface area contributed by atoms with Gasteiger partial charge in [0.1, 0.15) is 0 Å². The number of benzene rings is 6. The maximum Gasteiger partial charge on any atom is 0.160 e. The summed E-state index contributed by atoms with van der Waals surface area (Å²) in [6.45, 7) is 0. The number of nitrogens with zero attached hydrogens (tertiary/aromatic N) is 4. The first-order valence-corrected chi connectivity index (χ1v) is 16.0. The Balaban J connectivity index is 1.18. The fourth-order valence-electron chi connectivity index (χ4n) is 6.56. The van der Waals surface area contributed by atoms with Gasteiger partial charge in [0.15, 0.2) is 5.82 Å². The molecule has 3 heterocycles. The molecule has 48 heavy (non-hydrogen) atoms. The van der Waals surface area contributed by atoms with Gasteiger partial charge >= 0.3 is 0 Å². The molecular weight excluding hydrogens is 585 g/mol. The van der Waals surface area contributed by atoms with Crippen LogP contribution in [0.4, 0.5) is 0 Å². The van der Waals surface area contributed by atoms with E-state index in [9.17, 15) is 0 Å². The minimum atomic E-state index is 0.685. The molecule has 0 amide bonds. The smallest absolute Gasteiger partial charge is 0.160 e. The van der Waals surface area contributed by atoms with E-state index in [0.29, 0.717) is 5.82 Å². The molecule has 0 bridgehead atoms. The van der Waals surface area contributed by atoms with Crippen LogP contribution >= 0.6 is 0 Å². The predicted octanol–water partition coefficient (Wildman–Crippen LogP) is 11.1. The normalized spacial score (nSPS) is 11.3. The number of hydrogen-bond donors (Lipinski definition) is 0. The Bertz CT molecular complexity index is 2520. The standard InChI is InChI=1S/C44H28N4/c1-4-11-29(12-5-1)30-18-20-31(21-19-30)38-26-34-22-23-35-25-36(28-46-42(35)41(34)43-37(38)17-10-24-45-43)40-27-39(32-13-6-2-7-14-32)47-44(48-40)33-15-8-3-9-16-33/h1-28H. The molecule has 0 spiro atoms. The van der Waals surface area contributed by atoms with E-state index in [2.05, 4.69) is 97.1 Å². The fraction of sp³-hybridized carbons (Fsp3) is 0. The molecule has 0 saturated carbocycles. The van der Waals surface area contributed by atoms with Gasteiger partial charge < -0.3 is 0 Å². The molecule has 4 nitrogen and oxygen atoms in total. The van der Waals surface area contributed by atoms with Crippen molar-refractivity contribution in [3.8, 4) is 56.2 Å². The highest BCUT2D eigenvalue weighted by Gasteiger charge is 2.15. The molecule has 9 aromatic rings. The van der Waals surface area contributed by atoms with Crippen molar-refractivity contribution in [1.29, 1.82) is 0 Å². The van der Waals surface area contributed by atoms with Crippen LogP contribution in [0.25, 0.3) is 88.7 Å². The maximum atomic E-state index is 5.09. The Morgan fingerprint density at radius 3 is 1.71 bits per heavy atom.